The molecular weight excluding hydrogens is 428 g/mol. The van der Waals surface area contributed by atoms with Gasteiger partial charge in [0.25, 0.3) is 5.89 Å². The summed E-state index contributed by atoms with van der Waals surface area (Å²) in [7, 11) is 0. The van der Waals surface area contributed by atoms with Crippen LogP contribution in [0.3, 0.4) is 0 Å². The van der Waals surface area contributed by atoms with E-state index in [9.17, 15) is 0 Å². The fourth-order valence-corrected chi connectivity index (χ4v) is 4.55. The monoisotopic (exact) mass is 452 g/mol. The standard InChI is InChI=1S/C25H24N8O/c1-15-4-5-16(2)33(15)24-27-10-17(11-28-24)21-9-8-20(14-26-21)25(3,19-6-7-19)23-31-22(34-32-23)18-12-29-30-13-18/h4-5,8-14,19H,6-7H2,1-3H3,(H,29,30). The van der Waals surface area contributed by atoms with Gasteiger partial charge in [0.05, 0.1) is 22.9 Å². The molecule has 34 heavy (non-hydrogen) atoms. The van der Waals surface area contributed by atoms with Crippen LogP contribution in [0, 0.1) is 19.8 Å². The van der Waals surface area contributed by atoms with E-state index in [-0.39, 0.29) is 5.41 Å². The zero-order chi connectivity index (χ0) is 23.3. The minimum Gasteiger partial charge on any atom is -0.334 e. The smallest absolute Gasteiger partial charge is 0.261 e. The van der Waals surface area contributed by atoms with Gasteiger partial charge in [-0.1, -0.05) is 11.2 Å². The van der Waals surface area contributed by atoms with Crippen molar-refractivity contribution in [1.29, 1.82) is 0 Å². The molecule has 1 saturated carbocycles. The lowest BCUT2D eigenvalue weighted by atomic mass is 9.77. The maximum absolute atomic E-state index is 5.55. The number of hydrogen-bond donors (Lipinski definition) is 1. The van der Waals surface area contributed by atoms with Crippen LogP contribution in [0.5, 0.6) is 0 Å². The Morgan fingerprint density at radius 1 is 0.941 bits per heavy atom. The van der Waals surface area contributed by atoms with E-state index in [1.165, 1.54) is 0 Å². The second-order valence-corrected chi connectivity index (χ2v) is 9.04. The Morgan fingerprint density at radius 2 is 1.71 bits per heavy atom. The summed E-state index contributed by atoms with van der Waals surface area (Å²) in [6.07, 6.45) is 11.2. The largest absolute Gasteiger partial charge is 0.334 e. The Balaban J connectivity index is 1.30. The first-order valence-electron chi connectivity index (χ1n) is 11.3. The second-order valence-electron chi connectivity index (χ2n) is 9.04. The molecule has 0 bridgehead atoms. The molecule has 5 heterocycles. The molecule has 0 aromatic carbocycles. The topological polar surface area (TPSA) is 111 Å². The maximum Gasteiger partial charge on any atom is 0.261 e. The summed E-state index contributed by atoms with van der Waals surface area (Å²) in [5.74, 6) is 2.24. The lowest BCUT2D eigenvalue weighted by Gasteiger charge is -2.26. The quantitative estimate of drug-likeness (QED) is 0.405. The molecule has 1 atom stereocenters. The third kappa shape index (κ3) is 3.32. The van der Waals surface area contributed by atoms with Gasteiger partial charge in [0.1, 0.15) is 0 Å². The highest BCUT2D eigenvalue weighted by atomic mass is 16.5. The first-order chi connectivity index (χ1) is 16.5. The van der Waals surface area contributed by atoms with Crippen LogP contribution >= 0.6 is 0 Å². The molecule has 1 aliphatic carbocycles. The summed E-state index contributed by atoms with van der Waals surface area (Å²) in [6.45, 7) is 6.26. The zero-order valence-electron chi connectivity index (χ0n) is 19.2. The molecule has 0 amide bonds. The zero-order valence-corrected chi connectivity index (χ0v) is 19.2. The average molecular weight is 453 g/mol. The molecule has 5 aromatic heterocycles. The average Bonchev–Trinajstić information content (AvgIpc) is 3.22. The Labute approximate surface area is 196 Å². The lowest BCUT2D eigenvalue weighted by Crippen LogP contribution is -2.28. The SMILES string of the molecule is Cc1ccc(C)n1-c1ncc(-c2ccc(C(C)(c3noc(-c4cn[nH]c4)n3)C3CC3)cn2)cn1. The minimum absolute atomic E-state index is 0.374. The molecule has 1 N–H and O–H groups in total. The van der Waals surface area contributed by atoms with E-state index < -0.39 is 0 Å². The van der Waals surface area contributed by atoms with Crippen molar-refractivity contribution in [2.24, 2.45) is 5.92 Å². The van der Waals surface area contributed by atoms with Gasteiger partial charge < -0.3 is 4.52 Å². The van der Waals surface area contributed by atoms with Crippen LogP contribution in [0.4, 0.5) is 0 Å². The number of aromatic nitrogens is 8. The van der Waals surface area contributed by atoms with Gasteiger partial charge in [-0.25, -0.2) is 9.97 Å². The number of rotatable bonds is 6. The summed E-state index contributed by atoms with van der Waals surface area (Å²) < 4.78 is 7.58. The fourth-order valence-electron chi connectivity index (χ4n) is 4.55. The van der Waals surface area contributed by atoms with Crippen molar-refractivity contribution < 1.29 is 4.52 Å². The van der Waals surface area contributed by atoms with Crippen molar-refractivity contribution in [1.82, 2.24) is 39.9 Å². The van der Waals surface area contributed by atoms with E-state index in [2.05, 4.69) is 50.4 Å². The number of H-pyrrole nitrogens is 1. The van der Waals surface area contributed by atoms with Gasteiger partial charge in [0.2, 0.25) is 5.95 Å². The summed E-state index contributed by atoms with van der Waals surface area (Å²) >= 11 is 0. The van der Waals surface area contributed by atoms with Gasteiger partial charge in [0, 0.05) is 41.7 Å². The first kappa shape index (κ1) is 20.5. The molecule has 0 saturated heterocycles. The van der Waals surface area contributed by atoms with Crippen molar-refractivity contribution in [3.63, 3.8) is 0 Å². The van der Waals surface area contributed by atoms with Crippen molar-refractivity contribution in [3.8, 4) is 28.7 Å². The number of nitrogens with one attached hydrogen (secondary N) is 1. The molecule has 0 radical (unpaired) electrons. The van der Waals surface area contributed by atoms with Gasteiger partial charge in [-0.05, 0) is 63.3 Å². The molecule has 6 rings (SSSR count). The third-order valence-electron chi connectivity index (χ3n) is 6.80. The number of hydrogen-bond acceptors (Lipinski definition) is 7. The van der Waals surface area contributed by atoms with Crippen LogP contribution in [-0.4, -0.2) is 39.9 Å². The summed E-state index contributed by atoms with van der Waals surface area (Å²) in [6, 6.07) is 8.23. The molecule has 1 fully saturated rings. The highest BCUT2D eigenvalue weighted by Crippen LogP contribution is 2.50. The predicted molar refractivity (Wildman–Crippen MR) is 125 cm³/mol. The van der Waals surface area contributed by atoms with Crippen molar-refractivity contribution in [2.75, 3.05) is 0 Å². The fraction of sp³-hybridized carbons (Fsp3) is 0.280. The van der Waals surface area contributed by atoms with Gasteiger partial charge >= 0.3 is 0 Å². The number of aromatic amines is 1. The van der Waals surface area contributed by atoms with E-state index in [0.29, 0.717) is 23.6 Å². The Kier molecular flexibility index (Phi) is 4.65. The molecule has 9 nitrogen and oxygen atoms in total. The van der Waals surface area contributed by atoms with Gasteiger partial charge in [-0.3, -0.25) is 14.6 Å². The van der Waals surface area contributed by atoms with Crippen molar-refractivity contribution >= 4 is 0 Å². The van der Waals surface area contributed by atoms with E-state index >= 15 is 0 Å². The Morgan fingerprint density at radius 3 is 2.32 bits per heavy atom. The number of pyridine rings is 1. The summed E-state index contributed by atoms with van der Waals surface area (Å²) in [4.78, 5) is 18.6. The number of nitrogens with zero attached hydrogens (tertiary/aromatic N) is 7. The second kappa shape index (κ2) is 7.72. The molecule has 0 aliphatic heterocycles. The Hall–Kier alpha value is -4.14. The molecule has 1 unspecified atom stereocenters. The van der Waals surface area contributed by atoms with E-state index in [1.807, 2.05) is 43.1 Å². The molecular formula is C25H24N8O. The van der Waals surface area contributed by atoms with Gasteiger partial charge in [0.15, 0.2) is 5.82 Å². The lowest BCUT2D eigenvalue weighted by molar-refractivity contribution is 0.386. The Bertz CT molecular complexity index is 1410. The van der Waals surface area contributed by atoms with Crippen molar-refractivity contribution in [3.05, 3.63) is 78.0 Å². The van der Waals surface area contributed by atoms with Crippen molar-refractivity contribution in [2.45, 2.75) is 39.0 Å². The molecule has 0 spiro atoms. The van der Waals surface area contributed by atoms with E-state index in [4.69, 9.17) is 14.5 Å². The molecule has 5 aromatic rings. The first-order valence-corrected chi connectivity index (χ1v) is 11.3. The van der Waals surface area contributed by atoms with Crippen LogP contribution in [0.25, 0.3) is 28.7 Å². The molecule has 170 valence electrons. The van der Waals surface area contributed by atoms with E-state index in [0.717, 1.165) is 46.6 Å². The molecule has 9 heteroatoms. The van der Waals surface area contributed by atoms with E-state index in [1.54, 1.807) is 12.4 Å². The minimum atomic E-state index is -0.374. The van der Waals surface area contributed by atoms with Gasteiger partial charge in [-0.2, -0.15) is 10.1 Å². The van der Waals surface area contributed by atoms with Gasteiger partial charge in [-0.15, -0.1) is 0 Å². The normalized spacial score (nSPS) is 15.4. The number of aryl methyl sites for hydroxylation is 2. The highest BCUT2D eigenvalue weighted by Gasteiger charge is 2.47. The highest BCUT2D eigenvalue weighted by molar-refractivity contribution is 5.58. The summed E-state index contributed by atoms with van der Waals surface area (Å²) in [5.41, 5.74) is 5.36. The van der Waals surface area contributed by atoms with Crippen LogP contribution in [0.15, 0.2) is 59.8 Å². The summed E-state index contributed by atoms with van der Waals surface area (Å²) in [5, 5.41) is 11.1. The van der Waals surface area contributed by atoms with Crippen LogP contribution in [-0.2, 0) is 5.41 Å². The van der Waals surface area contributed by atoms with Crippen LogP contribution in [0.2, 0.25) is 0 Å². The molecule has 1 aliphatic rings. The maximum atomic E-state index is 5.55. The van der Waals surface area contributed by atoms with Crippen LogP contribution < -0.4 is 0 Å². The third-order valence-corrected chi connectivity index (χ3v) is 6.80. The predicted octanol–water partition coefficient (Wildman–Crippen LogP) is 4.44. The van der Waals surface area contributed by atoms with Crippen LogP contribution in [0.1, 0.15) is 42.5 Å².